The molecule has 0 saturated heterocycles. The Balaban J connectivity index is 2.15. The molecule has 0 radical (unpaired) electrons. The lowest BCUT2D eigenvalue weighted by atomic mass is 9.85. The molecule has 1 aromatic rings. The molecule has 1 nitrogen and oxygen atoms in total. The van der Waals surface area contributed by atoms with Crippen LogP contribution in [0.5, 0.6) is 0 Å². The number of benzene rings is 1. The van der Waals surface area contributed by atoms with Gasteiger partial charge < -0.3 is 4.74 Å². The van der Waals surface area contributed by atoms with Crippen LogP contribution in [0.2, 0.25) is 0 Å². The van der Waals surface area contributed by atoms with Gasteiger partial charge in [-0.05, 0) is 17.1 Å². The SMILES string of the molecule is CC(C)(C)C1=C(OCc2ccccc2)C=C=C=C1. The van der Waals surface area contributed by atoms with Gasteiger partial charge in [-0.2, -0.15) is 0 Å². The van der Waals surface area contributed by atoms with Crippen molar-refractivity contribution in [3.05, 3.63) is 70.8 Å². The number of rotatable bonds is 3. The highest BCUT2D eigenvalue weighted by Gasteiger charge is 2.20. The van der Waals surface area contributed by atoms with Crippen molar-refractivity contribution in [3.63, 3.8) is 0 Å². The molecule has 0 saturated carbocycles. The molecule has 1 aliphatic rings. The van der Waals surface area contributed by atoms with Crippen LogP contribution in [0.1, 0.15) is 26.3 Å². The number of allylic oxidation sites excluding steroid dienone is 3. The van der Waals surface area contributed by atoms with E-state index < -0.39 is 0 Å². The molecule has 0 spiro atoms. The number of hydrogen-bond acceptors (Lipinski definition) is 1. The molecule has 0 aliphatic heterocycles. The second-order valence-corrected chi connectivity index (χ2v) is 5.38. The lowest BCUT2D eigenvalue weighted by Gasteiger charge is -2.23. The Kier molecular flexibility index (Phi) is 3.58. The topological polar surface area (TPSA) is 9.23 Å². The molecule has 1 heteroatoms. The van der Waals surface area contributed by atoms with Crippen LogP contribution < -0.4 is 0 Å². The second kappa shape index (κ2) is 5.14. The van der Waals surface area contributed by atoms with Crippen molar-refractivity contribution < 1.29 is 4.74 Å². The second-order valence-electron chi connectivity index (χ2n) is 5.38. The molecular weight excluding hydrogens is 220 g/mol. The molecule has 1 aliphatic carbocycles. The molecule has 92 valence electrons. The fourth-order valence-electron chi connectivity index (χ4n) is 1.81. The summed E-state index contributed by atoms with van der Waals surface area (Å²) in [4.78, 5) is 0. The maximum atomic E-state index is 5.90. The van der Waals surface area contributed by atoms with Gasteiger partial charge in [-0.25, -0.2) is 0 Å². The highest BCUT2D eigenvalue weighted by atomic mass is 16.5. The maximum Gasteiger partial charge on any atom is 0.132 e. The monoisotopic (exact) mass is 238 g/mol. The van der Waals surface area contributed by atoms with Crippen molar-refractivity contribution in [1.29, 1.82) is 0 Å². The summed E-state index contributed by atoms with van der Waals surface area (Å²) in [5.41, 5.74) is 8.35. The molecular formula is C17H18O. The van der Waals surface area contributed by atoms with Gasteiger partial charge in [0.1, 0.15) is 12.4 Å². The predicted octanol–water partition coefficient (Wildman–Crippen LogP) is 4.38. The maximum absolute atomic E-state index is 5.90. The van der Waals surface area contributed by atoms with Gasteiger partial charge in [-0.1, -0.05) is 62.6 Å². The lowest BCUT2D eigenvalue weighted by molar-refractivity contribution is 0.203. The highest BCUT2D eigenvalue weighted by Crippen LogP contribution is 2.31. The summed E-state index contributed by atoms with van der Waals surface area (Å²) in [5, 5.41) is 0. The number of hydrogen-bond donors (Lipinski definition) is 0. The van der Waals surface area contributed by atoms with Gasteiger partial charge >= 0.3 is 0 Å². The minimum Gasteiger partial charge on any atom is -0.488 e. The Hall–Kier alpha value is -1.94. The molecule has 0 unspecified atom stereocenters. The van der Waals surface area contributed by atoms with E-state index >= 15 is 0 Å². The molecule has 0 atom stereocenters. The van der Waals surface area contributed by atoms with E-state index in [-0.39, 0.29) is 5.41 Å². The van der Waals surface area contributed by atoms with E-state index in [9.17, 15) is 0 Å². The first-order valence-corrected chi connectivity index (χ1v) is 6.16. The first-order chi connectivity index (χ1) is 8.57. The zero-order valence-electron chi connectivity index (χ0n) is 11.2. The third-order valence-electron chi connectivity index (χ3n) is 2.81. The summed E-state index contributed by atoms with van der Waals surface area (Å²) in [6.07, 6.45) is 3.82. The van der Waals surface area contributed by atoms with Crippen molar-refractivity contribution >= 4 is 0 Å². The molecule has 2 rings (SSSR count). The zero-order chi connectivity index (χ0) is 13.0. The summed E-state index contributed by atoms with van der Waals surface area (Å²) < 4.78 is 5.90. The van der Waals surface area contributed by atoms with Crippen LogP contribution in [0.3, 0.4) is 0 Å². The summed E-state index contributed by atoms with van der Waals surface area (Å²) in [6.45, 7) is 7.10. The van der Waals surface area contributed by atoms with Gasteiger partial charge in [-0.3, -0.25) is 0 Å². The van der Waals surface area contributed by atoms with Gasteiger partial charge in [0, 0.05) is 11.6 Å². The van der Waals surface area contributed by atoms with Gasteiger partial charge in [0.15, 0.2) is 0 Å². The predicted molar refractivity (Wildman–Crippen MR) is 73.9 cm³/mol. The average molecular weight is 238 g/mol. The van der Waals surface area contributed by atoms with Crippen LogP contribution >= 0.6 is 0 Å². The molecule has 0 heterocycles. The Morgan fingerprint density at radius 1 is 1.00 bits per heavy atom. The largest absolute Gasteiger partial charge is 0.488 e. The fraction of sp³-hybridized carbons (Fsp3) is 0.294. The van der Waals surface area contributed by atoms with E-state index in [2.05, 4.69) is 44.4 Å². The Morgan fingerprint density at radius 2 is 1.67 bits per heavy atom. The van der Waals surface area contributed by atoms with Crippen LogP contribution in [-0.4, -0.2) is 0 Å². The quantitative estimate of drug-likeness (QED) is 0.710. The molecule has 0 amide bonds. The van der Waals surface area contributed by atoms with Crippen LogP contribution in [0.4, 0.5) is 0 Å². The molecule has 0 aromatic heterocycles. The molecule has 0 bridgehead atoms. The summed E-state index contributed by atoms with van der Waals surface area (Å²) in [7, 11) is 0. The van der Waals surface area contributed by atoms with E-state index in [1.54, 1.807) is 0 Å². The van der Waals surface area contributed by atoms with Crippen molar-refractivity contribution in [1.82, 2.24) is 0 Å². The smallest absolute Gasteiger partial charge is 0.132 e. The molecule has 18 heavy (non-hydrogen) atoms. The molecule has 0 fully saturated rings. The van der Waals surface area contributed by atoms with Crippen LogP contribution in [0.15, 0.2) is 65.3 Å². The normalized spacial score (nSPS) is 14.2. The molecule has 1 aromatic carbocycles. The summed E-state index contributed by atoms with van der Waals surface area (Å²) in [6, 6.07) is 10.2. The van der Waals surface area contributed by atoms with Gasteiger partial charge in [0.2, 0.25) is 0 Å². The third kappa shape index (κ3) is 3.05. The Labute approximate surface area is 109 Å². The minimum atomic E-state index is 0.0532. The first-order valence-electron chi connectivity index (χ1n) is 6.16. The van der Waals surface area contributed by atoms with Gasteiger partial charge in [0.25, 0.3) is 0 Å². The summed E-state index contributed by atoms with van der Waals surface area (Å²) >= 11 is 0. The lowest BCUT2D eigenvalue weighted by Crippen LogP contribution is -2.11. The van der Waals surface area contributed by atoms with E-state index in [0.29, 0.717) is 6.61 Å². The average Bonchev–Trinajstić information content (AvgIpc) is 2.37. The Morgan fingerprint density at radius 3 is 2.33 bits per heavy atom. The summed E-state index contributed by atoms with van der Waals surface area (Å²) in [5.74, 6) is 0.894. The van der Waals surface area contributed by atoms with E-state index in [1.165, 1.54) is 5.56 Å². The van der Waals surface area contributed by atoms with Crippen LogP contribution in [0, 0.1) is 5.41 Å². The molecule has 0 N–H and O–H groups in total. The van der Waals surface area contributed by atoms with Crippen molar-refractivity contribution in [2.24, 2.45) is 5.41 Å². The minimum absolute atomic E-state index is 0.0532. The van der Waals surface area contributed by atoms with Crippen LogP contribution in [-0.2, 0) is 11.3 Å². The zero-order valence-corrected chi connectivity index (χ0v) is 11.2. The van der Waals surface area contributed by atoms with Crippen LogP contribution in [0.25, 0.3) is 0 Å². The van der Waals surface area contributed by atoms with Gasteiger partial charge in [0.05, 0.1) is 0 Å². The highest BCUT2D eigenvalue weighted by molar-refractivity contribution is 5.36. The van der Waals surface area contributed by atoms with Crippen molar-refractivity contribution in [2.45, 2.75) is 27.4 Å². The first kappa shape index (κ1) is 12.5. The van der Waals surface area contributed by atoms with E-state index in [4.69, 9.17) is 4.74 Å². The number of ether oxygens (including phenoxy) is 1. The van der Waals surface area contributed by atoms with E-state index in [0.717, 1.165) is 11.3 Å². The standard InChI is InChI=1S/C17H18O/c1-17(2,3)15-11-7-8-12-16(15)18-13-14-9-5-4-6-10-14/h4-6,9-12H,13H2,1-3H3. The van der Waals surface area contributed by atoms with Crippen molar-refractivity contribution in [2.75, 3.05) is 0 Å². The van der Waals surface area contributed by atoms with Gasteiger partial charge in [-0.15, -0.1) is 0 Å². The third-order valence-corrected chi connectivity index (χ3v) is 2.81. The Bertz CT molecular complexity index is 543. The fourth-order valence-corrected chi connectivity index (χ4v) is 1.81. The van der Waals surface area contributed by atoms with Crippen molar-refractivity contribution in [3.8, 4) is 0 Å². The van der Waals surface area contributed by atoms with E-state index in [1.807, 2.05) is 30.4 Å².